The van der Waals surface area contributed by atoms with Crippen molar-refractivity contribution in [3.05, 3.63) is 54.1 Å². The second-order valence-electron chi connectivity index (χ2n) is 8.53. The Morgan fingerprint density at radius 1 is 0.735 bits per heavy atom. The maximum atomic E-state index is 12.6. The summed E-state index contributed by atoms with van der Waals surface area (Å²) in [6.45, 7) is 2.32. The van der Waals surface area contributed by atoms with E-state index in [1.54, 1.807) is 50.5 Å². The van der Waals surface area contributed by atoms with E-state index in [0.717, 1.165) is 5.56 Å². The summed E-state index contributed by atoms with van der Waals surface area (Å²) in [4.78, 5) is 37.7. The highest BCUT2D eigenvalue weighted by Crippen LogP contribution is 2.31. The largest absolute Gasteiger partial charge is 0.490 e. The number of esters is 2. The minimum atomic E-state index is -0.428. The van der Waals surface area contributed by atoms with Crippen molar-refractivity contribution < 1.29 is 33.3 Å². The van der Waals surface area contributed by atoms with Crippen molar-refractivity contribution in [2.45, 2.75) is 32.6 Å². The van der Waals surface area contributed by atoms with Gasteiger partial charge < -0.3 is 23.8 Å². The molecule has 1 amide bonds. The lowest BCUT2D eigenvalue weighted by molar-refractivity contribution is -0.145. The number of carbonyl (C=O) groups excluding carboxylic acids is 3. The predicted octanol–water partition coefficient (Wildman–Crippen LogP) is 4.39. The topological polar surface area (TPSA) is 91.4 Å². The van der Waals surface area contributed by atoms with Gasteiger partial charge in [-0.05, 0) is 69.0 Å². The lowest BCUT2D eigenvalue weighted by Crippen LogP contribution is -2.30. The van der Waals surface area contributed by atoms with E-state index >= 15 is 0 Å². The molecule has 8 nitrogen and oxygen atoms in total. The molecule has 1 saturated carbocycles. The van der Waals surface area contributed by atoms with Gasteiger partial charge >= 0.3 is 18.0 Å². The molecule has 0 spiro atoms. The Balaban J connectivity index is 1.38. The Kier molecular flexibility index (Phi) is 8.90. The molecule has 0 unspecified atom stereocenters. The highest BCUT2D eigenvalue weighted by atomic mass is 16.6. The molecule has 2 aromatic rings. The van der Waals surface area contributed by atoms with Crippen LogP contribution in [0.25, 0.3) is 0 Å². The molecule has 3 rings (SSSR count). The van der Waals surface area contributed by atoms with Gasteiger partial charge in [0, 0.05) is 14.1 Å². The Bertz CT molecular complexity index is 962. The summed E-state index contributed by atoms with van der Waals surface area (Å²) >= 11 is 0. The molecule has 0 aromatic heterocycles. The first-order valence-electron chi connectivity index (χ1n) is 11.4. The smallest absolute Gasteiger partial charge is 0.409 e. The summed E-state index contributed by atoms with van der Waals surface area (Å²) in [6.07, 6.45) is 1.92. The van der Waals surface area contributed by atoms with Crippen LogP contribution in [0.3, 0.4) is 0 Å². The first kappa shape index (κ1) is 25.1. The summed E-state index contributed by atoms with van der Waals surface area (Å²) in [7, 11) is 3.21. The molecule has 0 atom stereocenters. The normalized spacial score (nSPS) is 17.4. The molecular formula is C26H31NO7. The quantitative estimate of drug-likeness (QED) is 0.322. The van der Waals surface area contributed by atoms with Crippen molar-refractivity contribution in [2.24, 2.45) is 11.8 Å². The Morgan fingerprint density at radius 2 is 1.18 bits per heavy atom. The van der Waals surface area contributed by atoms with E-state index in [1.807, 2.05) is 19.1 Å². The molecule has 1 fully saturated rings. The van der Waals surface area contributed by atoms with Gasteiger partial charge in [-0.2, -0.15) is 0 Å². The minimum absolute atomic E-state index is 0.134. The van der Waals surface area contributed by atoms with Gasteiger partial charge in [-0.15, -0.1) is 0 Å². The zero-order chi connectivity index (χ0) is 24.5. The highest BCUT2D eigenvalue weighted by Gasteiger charge is 2.32. The fourth-order valence-corrected chi connectivity index (χ4v) is 3.59. The maximum Gasteiger partial charge on any atom is 0.409 e. The molecule has 0 radical (unpaired) electrons. The van der Waals surface area contributed by atoms with Gasteiger partial charge in [0.1, 0.15) is 30.5 Å². The third-order valence-electron chi connectivity index (χ3n) is 5.62. The lowest BCUT2D eigenvalue weighted by Gasteiger charge is -2.25. The summed E-state index contributed by atoms with van der Waals surface area (Å²) < 4.78 is 21.5. The molecule has 0 heterocycles. The maximum absolute atomic E-state index is 12.6. The van der Waals surface area contributed by atoms with Crippen LogP contribution in [0.2, 0.25) is 0 Å². The minimum Gasteiger partial charge on any atom is -0.490 e. The van der Waals surface area contributed by atoms with Crippen LogP contribution in [0.5, 0.6) is 17.2 Å². The van der Waals surface area contributed by atoms with E-state index in [2.05, 4.69) is 0 Å². The first-order chi connectivity index (χ1) is 16.3. The van der Waals surface area contributed by atoms with E-state index < -0.39 is 6.09 Å². The Hall–Kier alpha value is -3.55. The average molecular weight is 470 g/mol. The summed E-state index contributed by atoms with van der Waals surface area (Å²) in [5, 5.41) is 0. The number of ether oxygens (including phenoxy) is 4. The zero-order valence-corrected chi connectivity index (χ0v) is 19.8. The van der Waals surface area contributed by atoms with Crippen LogP contribution in [-0.2, 0) is 14.3 Å². The third-order valence-corrected chi connectivity index (χ3v) is 5.62. The molecule has 8 heteroatoms. The standard InChI is InChI=1S/C26H31NO7/c1-18-4-10-22(11-5-18)33-24(28)19-6-8-20(9-7-19)25(29)34-23-14-12-21(13-15-23)31-16-17-32-26(30)27(2)3/h4-5,10-15,19-20H,6-9,16-17H2,1-3H3. The fourth-order valence-electron chi connectivity index (χ4n) is 3.59. The number of rotatable bonds is 8. The zero-order valence-electron chi connectivity index (χ0n) is 19.8. The number of aryl methyl sites for hydroxylation is 1. The number of hydrogen-bond acceptors (Lipinski definition) is 7. The van der Waals surface area contributed by atoms with Crippen LogP contribution in [0.1, 0.15) is 31.2 Å². The molecule has 182 valence electrons. The van der Waals surface area contributed by atoms with E-state index in [4.69, 9.17) is 18.9 Å². The molecule has 0 N–H and O–H groups in total. The summed E-state index contributed by atoms with van der Waals surface area (Å²) in [6, 6.07) is 14.1. The van der Waals surface area contributed by atoms with Crippen LogP contribution < -0.4 is 14.2 Å². The predicted molar refractivity (Wildman–Crippen MR) is 125 cm³/mol. The highest BCUT2D eigenvalue weighted by molar-refractivity contribution is 5.77. The second kappa shape index (κ2) is 12.1. The van der Waals surface area contributed by atoms with Gasteiger partial charge in [0.05, 0.1) is 11.8 Å². The number of amides is 1. The van der Waals surface area contributed by atoms with E-state index in [9.17, 15) is 14.4 Å². The SMILES string of the molecule is Cc1ccc(OC(=O)C2CCC(C(=O)Oc3ccc(OCCOC(=O)N(C)C)cc3)CC2)cc1. The van der Waals surface area contributed by atoms with E-state index in [1.165, 1.54) is 4.90 Å². The summed E-state index contributed by atoms with van der Waals surface area (Å²) in [5.41, 5.74) is 1.10. The van der Waals surface area contributed by atoms with Crippen molar-refractivity contribution in [1.82, 2.24) is 4.90 Å². The Labute approximate surface area is 199 Å². The average Bonchev–Trinajstić information content (AvgIpc) is 2.84. The van der Waals surface area contributed by atoms with Gasteiger partial charge in [-0.3, -0.25) is 9.59 Å². The molecule has 0 saturated heterocycles. The van der Waals surface area contributed by atoms with Gasteiger partial charge in [-0.1, -0.05) is 17.7 Å². The second-order valence-corrected chi connectivity index (χ2v) is 8.53. The fraction of sp³-hybridized carbons (Fsp3) is 0.423. The Morgan fingerprint density at radius 3 is 1.65 bits per heavy atom. The van der Waals surface area contributed by atoms with Crippen LogP contribution in [0, 0.1) is 18.8 Å². The molecule has 0 bridgehead atoms. The molecule has 1 aliphatic rings. The van der Waals surface area contributed by atoms with Gasteiger partial charge in [-0.25, -0.2) is 4.79 Å². The van der Waals surface area contributed by atoms with E-state index in [-0.39, 0.29) is 37.0 Å². The molecule has 1 aliphatic carbocycles. The van der Waals surface area contributed by atoms with Gasteiger partial charge in [0.25, 0.3) is 0 Å². The number of hydrogen-bond donors (Lipinski definition) is 0. The first-order valence-corrected chi connectivity index (χ1v) is 11.4. The van der Waals surface area contributed by atoms with Crippen molar-refractivity contribution in [3.63, 3.8) is 0 Å². The molecule has 0 aliphatic heterocycles. The van der Waals surface area contributed by atoms with Crippen molar-refractivity contribution in [2.75, 3.05) is 27.3 Å². The molecular weight excluding hydrogens is 438 g/mol. The lowest BCUT2D eigenvalue weighted by atomic mass is 9.82. The van der Waals surface area contributed by atoms with Crippen molar-refractivity contribution in [3.8, 4) is 17.2 Å². The monoisotopic (exact) mass is 469 g/mol. The van der Waals surface area contributed by atoms with E-state index in [0.29, 0.717) is 42.9 Å². The van der Waals surface area contributed by atoms with Crippen molar-refractivity contribution >= 4 is 18.0 Å². The van der Waals surface area contributed by atoms with Crippen LogP contribution >= 0.6 is 0 Å². The number of carbonyl (C=O) groups is 3. The number of nitrogens with zero attached hydrogens (tertiary/aromatic N) is 1. The number of benzene rings is 2. The third kappa shape index (κ3) is 7.50. The van der Waals surface area contributed by atoms with Crippen molar-refractivity contribution in [1.29, 1.82) is 0 Å². The van der Waals surface area contributed by atoms with Gasteiger partial charge in [0.15, 0.2) is 0 Å². The summed E-state index contributed by atoms with van der Waals surface area (Å²) in [5.74, 6) is 0.548. The molecule has 2 aromatic carbocycles. The molecule has 34 heavy (non-hydrogen) atoms. The van der Waals surface area contributed by atoms with Crippen LogP contribution in [-0.4, -0.2) is 50.2 Å². The van der Waals surface area contributed by atoms with Crippen LogP contribution in [0.4, 0.5) is 4.79 Å². The van der Waals surface area contributed by atoms with Crippen LogP contribution in [0.15, 0.2) is 48.5 Å². The van der Waals surface area contributed by atoms with Gasteiger partial charge in [0.2, 0.25) is 0 Å².